The van der Waals surface area contributed by atoms with Crippen LogP contribution in [0.25, 0.3) is 0 Å². The fourth-order valence-corrected chi connectivity index (χ4v) is 2.02. The van der Waals surface area contributed by atoms with Gasteiger partial charge in [0.1, 0.15) is 0 Å². The minimum atomic E-state index is 0.389. The smallest absolute Gasteiger partial charge is 0.0754 e. The number of hydrogen-bond donors (Lipinski definition) is 0. The van der Waals surface area contributed by atoms with Crippen molar-refractivity contribution in [2.24, 2.45) is 5.92 Å². The first-order chi connectivity index (χ1) is 6.36. The van der Waals surface area contributed by atoms with E-state index in [0.29, 0.717) is 6.10 Å². The molecule has 76 valence electrons. The minimum absolute atomic E-state index is 0.389. The van der Waals surface area contributed by atoms with E-state index < -0.39 is 0 Å². The molecule has 0 N–H and O–H groups in total. The molecule has 2 unspecified atom stereocenters. The molecule has 0 saturated carbocycles. The monoisotopic (exact) mass is 188 g/mol. The van der Waals surface area contributed by atoms with Crippen molar-refractivity contribution in [1.82, 2.24) is 0 Å². The van der Waals surface area contributed by atoms with Crippen LogP contribution in [0.4, 0.5) is 0 Å². The molecular formula is C12H22O. The lowest BCUT2D eigenvalue weighted by molar-refractivity contribution is 0.109. The lowest BCUT2D eigenvalue weighted by Crippen LogP contribution is -2.17. The predicted octanol–water partition coefficient (Wildman–Crippen LogP) is 3.55. The zero-order valence-electron chi connectivity index (χ0n) is 8.96. The van der Waals surface area contributed by atoms with Crippen molar-refractivity contribution in [2.45, 2.75) is 51.6 Å². The third kappa shape index (κ3) is 3.95. The second kappa shape index (κ2) is 6.20. The second-order valence-electron chi connectivity index (χ2n) is 4.04. The molecule has 0 aromatic carbocycles. The van der Waals surface area contributed by atoms with E-state index in [-0.39, 0.29) is 0 Å². The van der Waals surface area contributed by atoms with E-state index in [4.69, 9.17) is 4.74 Å². The number of allylic oxidation sites excluding steroid dienone is 1. The summed E-state index contributed by atoms with van der Waals surface area (Å²) < 4.78 is 5.34. The van der Waals surface area contributed by atoms with Gasteiger partial charge in [-0.15, -0.1) is 0 Å². The summed E-state index contributed by atoms with van der Waals surface area (Å²) in [5.41, 5.74) is 0. The van der Waals surface area contributed by atoms with Gasteiger partial charge in [0.25, 0.3) is 0 Å². The van der Waals surface area contributed by atoms with Gasteiger partial charge in [0.05, 0.1) is 6.10 Å². The van der Waals surface area contributed by atoms with Crippen LogP contribution in [-0.4, -0.2) is 13.2 Å². The van der Waals surface area contributed by atoms with Crippen LogP contribution >= 0.6 is 0 Å². The number of hydrogen-bond acceptors (Lipinski definition) is 1. The van der Waals surface area contributed by atoms with Crippen LogP contribution in [0.15, 0.2) is 12.2 Å². The second-order valence-corrected chi connectivity index (χ2v) is 4.04. The van der Waals surface area contributed by atoms with Gasteiger partial charge in [-0.25, -0.2) is 0 Å². The van der Waals surface area contributed by atoms with Gasteiger partial charge in [0, 0.05) is 7.11 Å². The van der Waals surface area contributed by atoms with Gasteiger partial charge in [-0.05, 0) is 18.8 Å². The van der Waals surface area contributed by atoms with Crippen LogP contribution in [0.3, 0.4) is 0 Å². The highest BCUT2D eigenvalue weighted by Gasteiger charge is 2.16. The Labute approximate surface area is 82.2 Å². The minimum Gasteiger partial charge on any atom is -0.377 e. The lowest BCUT2D eigenvalue weighted by Gasteiger charge is -2.23. The third-order valence-corrected chi connectivity index (χ3v) is 2.90. The van der Waals surface area contributed by atoms with Crippen molar-refractivity contribution < 1.29 is 4.74 Å². The molecule has 1 aliphatic rings. The fraction of sp³-hybridized carbons (Fsp3) is 0.833. The molecule has 0 amide bonds. The topological polar surface area (TPSA) is 9.23 Å². The average Bonchev–Trinajstić information content (AvgIpc) is 2.19. The summed E-state index contributed by atoms with van der Waals surface area (Å²) in [5.74, 6) is 0.876. The summed E-state index contributed by atoms with van der Waals surface area (Å²) in [6.07, 6.45) is 12.9. The molecule has 0 radical (unpaired) electrons. The fourth-order valence-electron chi connectivity index (χ4n) is 2.02. The highest BCUT2D eigenvalue weighted by molar-refractivity contribution is 4.97. The standard InChI is InChI=1S/C12H22O/c1-3-4-5-7-11-8-6-9-12(10-11)13-2/h6,9,11-12H,3-5,7-8,10H2,1-2H3/i6+1,8+1,9+1,10+1,11+1,12+1. The van der Waals surface area contributed by atoms with E-state index in [1.165, 1.54) is 38.5 Å². The van der Waals surface area contributed by atoms with Crippen molar-refractivity contribution in [1.29, 1.82) is 0 Å². The van der Waals surface area contributed by atoms with E-state index in [1.54, 1.807) is 0 Å². The molecule has 1 rings (SSSR count). The van der Waals surface area contributed by atoms with Gasteiger partial charge in [0.15, 0.2) is 0 Å². The van der Waals surface area contributed by atoms with Crippen LogP contribution in [0.1, 0.15) is 45.4 Å². The summed E-state index contributed by atoms with van der Waals surface area (Å²) >= 11 is 0. The Kier molecular flexibility index (Phi) is 5.14. The maximum atomic E-state index is 5.34. The van der Waals surface area contributed by atoms with E-state index in [9.17, 15) is 0 Å². The van der Waals surface area contributed by atoms with E-state index >= 15 is 0 Å². The highest BCUT2D eigenvalue weighted by atomic mass is 16.6. The Balaban J connectivity index is 2.17. The zero-order valence-corrected chi connectivity index (χ0v) is 8.96. The third-order valence-electron chi connectivity index (χ3n) is 2.90. The van der Waals surface area contributed by atoms with Crippen molar-refractivity contribution in [3.63, 3.8) is 0 Å². The zero-order chi connectivity index (χ0) is 9.52. The van der Waals surface area contributed by atoms with Crippen LogP contribution < -0.4 is 0 Å². The first kappa shape index (κ1) is 10.8. The van der Waals surface area contributed by atoms with Crippen LogP contribution in [0, 0.1) is 5.92 Å². The Morgan fingerprint density at radius 2 is 2.23 bits per heavy atom. The molecule has 0 aromatic rings. The Morgan fingerprint density at radius 3 is 2.92 bits per heavy atom. The number of methoxy groups -OCH3 is 1. The number of ether oxygens (including phenoxy) is 1. The molecule has 0 heterocycles. The summed E-state index contributed by atoms with van der Waals surface area (Å²) in [6, 6.07) is 0. The van der Waals surface area contributed by atoms with Crippen LogP contribution in [0.2, 0.25) is 0 Å². The molecule has 1 heteroatoms. The average molecular weight is 188 g/mol. The molecule has 0 aliphatic heterocycles. The molecule has 1 aliphatic carbocycles. The number of rotatable bonds is 5. The summed E-state index contributed by atoms with van der Waals surface area (Å²) in [6.45, 7) is 2.26. The van der Waals surface area contributed by atoms with Gasteiger partial charge in [-0.1, -0.05) is 44.8 Å². The van der Waals surface area contributed by atoms with Crippen molar-refractivity contribution in [2.75, 3.05) is 7.11 Å². The van der Waals surface area contributed by atoms with E-state index in [1.807, 2.05) is 7.11 Å². The van der Waals surface area contributed by atoms with Gasteiger partial charge in [0.2, 0.25) is 0 Å². The lowest BCUT2D eigenvalue weighted by atomic mass is 10.2. The molecular weight excluding hydrogens is 166 g/mol. The maximum absolute atomic E-state index is 5.34. The molecule has 0 fully saturated rings. The van der Waals surface area contributed by atoms with Gasteiger partial charge in [-0.2, -0.15) is 0 Å². The van der Waals surface area contributed by atoms with Crippen molar-refractivity contribution in [3.05, 3.63) is 12.2 Å². The number of unbranched alkanes of at least 4 members (excludes halogenated alkanes) is 2. The summed E-state index contributed by atoms with van der Waals surface area (Å²) in [7, 11) is 1.81. The van der Waals surface area contributed by atoms with Gasteiger partial charge < -0.3 is 4.74 Å². The van der Waals surface area contributed by atoms with E-state index in [2.05, 4.69) is 19.1 Å². The summed E-state index contributed by atoms with van der Waals surface area (Å²) in [5, 5.41) is 0. The normalized spacial score (nSPS) is 27.8. The van der Waals surface area contributed by atoms with Crippen molar-refractivity contribution >= 4 is 0 Å². The van der Waals surface area contributed by atoms with Crippen LogP contribution in [0.5, 0.6) is 0 Å². The van der Waals surface area contributed by atoms with Crippen molar-refractivity contribution in [3.8, 4) is 0 Å². The van der Waals surface area contributed by atoms with E-state index in [0.717, 1.165) is 5.92 Å². The Morgan fingerprint density at radius 1 is 1.38 bits per heavy atom. The van der Waals surface area contributed by atoms with Gasteiger partial charge >= 0.3 is 0 Å². The Hall–Kier alpha value is -0.300. The Bertz CT molecular complexity index is 151. The molecule has 0 spiro atoms. The molecule has 1 nitrogen and oxygen atoms in total. The highest BCUT2D eigenvalue weighted by Crippen LogP contribution is 2.25. The molecule has 13 heavy (non-hydrogen) atoms. The van der Waals surface area contributed by atoms with Crippen LogP contribution in [-0.2, 0) is 4.74 Å². The molecule has 0 bridgehead atoms. The SMILES string of the molecule is CCCCC[13CH]1[13CH2][13CH]=[13CH][13CH](OC)[13CH2]1. The van der Waals surface area contributed by atoms with Gasteiger partial charge in [-0.3, -0.25) is 0 Å². The first-order valence-corrected chi connectivity index (χ1v) is 5.56. The first-order valence-electron chi connectivity index (χ1n) is 5.56. The molecule has 2 atom stereocenters. The summed E-state index contributed by atoms with van der Waals surface area (Å²) in [4.78, 5) is 0. The molecule has 0 aromatic heterocycles. The quantitative estimate of drug-likeness (QED) is 0.364. The maximum Gasteiger partial charge on any atom is 0.0754 e. The predicted molar refractivity (Wildman–Crippen MR) is 56.8 cm³/mol. The molecule has 0 saturated heterocycles. The largest absolute Gasteiger partial charge is 0.377 e.